The summed E-state index contributed by atoms with van der Waals surface area (Å²) in [5.41, 5.74) is 4.45. The molecule has 0 unspecified atom stereocenters. The molecule has 0 aliphatic carbocycles. The first-order chi connectivity index (χ1) is 10.1. The number of phenolic OH excluding ortho intramolecular Hbond substituents is 1. The van der Waals surface area contributed by atoms with E-state index < -0.39 is 0 Å². The van der Waals surface area contributed by atoms with Crippen molar-refractivity contribution in [3.05, 3.63) is 40.9 Å². The van der Waals surface area contributed by atoms with E-state index in [4.69, 9.17) is 16.3 Å². The van der Waals surface area contributed by atoms with Gasteiger partial charge in [0.2, 0.25) is 0 Å². The van der Waals surface area contributed by atoms with Crippen LogP contribution in [0.1, 0.15) is 23.9 Å². The van der Waals surface area contributed by atoms with Crippen molar-refractivity contribution in [2.45, 2.75) is 12.5 Å². The van der Waals surface area contributed by atoms with Crippen LogP contribution in [0, 0.1) is 0 Å². The third kappa shape index (κ3) is 2.42. The Balaban J connectivity index is 1.85. The molecule has 110 valence electrons. The summed E-state index contributed by atoms with van der Waals surface area (Å²) >= 11 is 6.00. The largest absolute Gasteiger partial charge is 0.507 e. The maximum absolute atomic E-state index is 10.0. The average Bonchev–Trinajstić information content (AvgIpc) is 3.08. The topological polar surface area (TPSA) is 71.7 Å². The number of halogens is 1. The number of ether oxygens (including phenoxy) is 1. The number of rotatable bonds is 3. The molecule has 0 saturated carbocycles. The smallest absolute Gasteiger partial charge is 0.134 e. The molecule has 1 aliphatic rings. The van der Waals surface area contributed by atoms with Gasteiger partial charge in [0.15, 0.2) is 0 Å². The SMILES string of the molecule is COc1ccc(O)c(C2=NN[C@@H](c3ncc(Cl)n3C)C2)c1. The van der Waals surface area contributed by atoms with Gasteiger partial charge < -0.3 is 14.4 Å². The first-order valence-corrected chi connectivity index (χ1v) is 6.84. The van der Waals surface area contributed by atoms with E-state index in [-0.39, 0.29) is 11.8 Å². The summed E-state index contributed by atoms with van der Waals surface area (Å²) in [4.78, 5) is 4.29. The summed E-state index contributed by atoms with van der Waals surface area (Å²) in [6.45, 7) is 0. The maximum atomic E-state index is 10.0. The Bertz CT molecular complexity index is 711. The van der Waals surface area contributed by atoms with E-state index in [1.54, 1.807) is 31.5 Å². The molecule has 2 N–H and O–H groups in total. The van der Waals surface area contributed by atoms with E-state index in [9.17, 15) is 5.11 Å². The minimum absolute atomic E-state index is 0.0666. The molecular formula is C14H15ClN4O2. The van der Waals surface area contributed by atoms with E-state index in [1.807, 2.05) is 11.6 Å². The molecular weight excluding hydrogens is 292 g/mol. The predicted molar refractivity (Wildman–Crippen MR) is 79.9 cm³/mol. The zero-order chi connectivity index (χ0) is 15.0. The fraction of sp³-hybridized carbons (Fsp3) is 0.286. The normalized spacial score (nSPS) is 17.5. The van der Waals surface area contributed by atoms with Crippen molar-refractivity contribution in [2.24, 2.45) is 12.1 Å². The zero-order valence-corrected chi connectivity index (χ0v) is 12.4. The molecule has 1 aromatic carbocycles. The molecule has 6 nitrogen and oxygen atoms in total. The lowest BCUT2D eigenvalue weighted by atomic mass is 10.0. The van der Waals surface area contributed by atoms with Gasteiger partial charge in [0.25, 0.3) is 0 Å². The van der Waals surface area contributed by atoms with Crippen molar-refractivity contribution >= 4 is 17.3 Å². The molecule has 0 spiro atoms. The second-order valence-corrected chi connectivity index (χ2v) is 5.21. The quantitative estimate of drug-likeness (QED) is 0.912. The number of hydrazone groups is 1. The van der Waals surface area contributed by atoms with Gasteiger partial charge in [-0.1, -0.05) is 11.6 Å². The highest BCUT2D eigenvalue weighted by Crippen LogP contribution is 2.30. The van der Waals surface area contributed by atoms with Crippen LogP contribution in [0.2, 0.25) is 5.15 Å². The highest BCUT2D eigenvalue weighted by atomic mass is 35.5. The first-order valence-electron chi connectivity index (χ1n) is 6.46. The van der Waals surface area contributed by atoms with Crippen LogP contribution < -0.4 is 10.2 Å². The van der Waals surface area contributed by atoms with Crippen molar-refractivity contribution in [1.82, 2.24) is 15.0 Å². The molecule has 2 aromatic rings. The first kappa shape index (κ1) is 13.8. The molecule has 1 aliphatic heterocycles. The molecule has 0 radical (unpaired) electrons. The Morgan fingerprint density at radius 1 is 1.48 bits per heavy atom. The Morgan fingerprint density at radius 3 is 2.95 bits per heavy atom. The van der Waals surface area contributed by atoms with Crippen molar-refractivity contribution in [1.29, 1.82) is 0 Å². The van der Waals surface area contributed by atoms with Gasteiger partial charge in [-0.05, 0) is 18.2 Å². The number of aromatic nitrogens is 2. The molecule has 1 aromatic heterocycles. The van der Waals surface area contributed by atoms with Crippen LogP contribution in [0.3, 0.4) is 0 Å². The minimum atomic E-state index is -0.0666. The Morgan fingerprint density at radius 2 is 2.29 bits per heavy atom. The molecule has 7 heteroatoms. The summed E-state index contributed by atoms with van der Waals surface area (Å²) in [5, 5.41) is 14.9. The fourth-order valence-electron chi connectivity index (χ4n) is 2.36. The van der Waals surface area contributed by atoms with Crippen LogP contribution in [-0.2, 0) is 7.05 Å². The predicted octanol–water partition coefficient (Wildman–Crippen LogP) is 2.23. The molecule has 0 bridgehead atoms. The van der Waals surface area contributed by atoms with Crippen molar-refractivity contribution in [3.8, 4) is 11.5 Å². The average molecular weight is 307 g/mol. The summed E-state index contributed by atoms with van der Waals surface area (Å²) in [6.07, 6.45) is 2.22. The van der Waals surface area contributed by atoms with Crippen LogP contribution in [0.5, 0.6) is 11.5 Å². The molecule has 1 atom stereocenters. The van der Waals surface area contributed by atoms with Gasteiger partial charge in [0, 0.05) is 19.0 Å². The van der Waals surface area contributed by atoms with Gasteiger partial charge in [-0.2, -0.15) is 5.10 Å². The molecule has 21 heavy (non-hydrogen) atoms. The van der Waals surface area contributed by atoms with Gasteiger partial charge in [-0.3, -0.25) is 5.43 Å². The second kappa shape index (κ2) is 5.29. The van der Waals surface area contributed by atoms with E-state index in [0.29, 0.717) is 22.9 Å². The molecule has 3 rings (SSSR count). The minimum Gasteiger partial charge on any atom is -0.507 e. The number of phenols is 1. The summed E-state index contributed by atoms with van der Waals surface area (Å²) in [5.74, 6) is 1.66. The number of methoxy groups -OCH3 is 1. The molecule has 2 heterocycles. The van der Waals surface area contributed by atoms with Gasteiger partial charge in [0.1, 0.15) is 28.5 Å². The van der Waals surface area contributed by atoms with Gasteiger partial charge >= 0.3 is 0 Å². The van der Waals surface area contributed by atoms with Crippen molar-refractivity contribution in [2.75, 3.05) is 7.11 Å². The number of imidazole rings is 1. The number of aromatic hydroxyl groups is 1. The Labute approximate surface area is 127 Å². The van der Waals surface area contributed by atoms with Crippen LogP contribution in [0.4, 0.5) is 0 Å². The fourth-order valence-corrected chi connectivity index (χ4v) is 2.49. The number of benzene rings is 1. The number of hydrogen-bond acceptors (Lipinski definition) is 5. The highest BCUT2D eigenvalue weighted by Gasteiger charge is 2.26. The van der Waals surface area contributed by atoms with Gasteiger partial charge in [-0.15, -0.1) is 0 Å². The number of nitrogens with zero attached hydrogens (tertiary/aromatic N) is 3. The molecule has 0 amide bonds. The van der Waals surface area contributed by atoms with E-state index in [0.717, 1.165) is 11.5 Å². The molecule has 0 saturated heterocycles. The monoisotopic (exact) mass is 306 g/mol. The van der Waals surface area contributed by atoms with E-state index in [1.165, 1.54) is 0 Å². The van der Waals surface area contributed by atoms with Crippen LogP contribution in [0.25, 0.3) is 0 Å². The third-order valence-electron chi connectivity index (χ3n) is 3.55. The molecule has 0 fully saturated rings. The van der Waals surface area contributed by atoms with Crippen LogP contribution in [-0.4, -0.2) is 27.5 Å². The maximum Gasteiger partial charge on any atom is 0.134 e. The summed E-state index contributed by atoms with van der Waals surface area (Å²) in [6, 6.07) is 5.01. The zero-order valence-electron chi connectivity index (χ0n) is 11.7. The second-order valence-electron chi connectivity index (χ2n) is 4.83. The highest BCUT2D eigenvalue weighted by molar-refractivity contribution is 6.29. The third-order valence-corrected chi connectivity index (χ3v) is 3.90. The lowest BCUT2D eigenvalue weighted by Crippen LogP contribution is -2.15. The number of hydrogen-bond donors (Lipinski definition) is 2. The lowest BCUT2D eigenvalue weighted by Gasteiger charge is -2.10. The van der Waals surface area contributed by atoms with Gasteiger partial charge in [-0.25, -0.2) is 4.98 Å². The van der Waals surface area contributed by atoms with Gasteiger partial charge in [0.05, 0.1) is 19.0 Å². The van der Waals surface area contributed by atoms with Crippen molar-refractivity contribution in [3.63, 3.8) is 0 Å². The van der Waals surface area contributed by atoms with Crippen LogP contribution in [0.15, 0.2) is 29.5 Å². The standard InChI is InChI=1S/C14H15ClN4O2/c1-19-13(15)7-16-14(19)11-6-10(17-18-11)9-5-8(21-2)3-4-12(9)20/h3-5,7,11,18,20H,6H2,1-2H3/t11-/m1/s1. The Kier molecular flexibility index (Phi) is 3.47. The summed E-state index contributed by atoms with van der Waals surface area (Å²) < 4.78 is 6.99. The number of nitrogens with one attached hydrogen (secondary N) is 1. The Hall–Kier alpha value is -2.21. The van der Waals surface area contributed by atoms with E-state index in [2.05, 4.69) is 15.5 Å². The summed E-state index contributed by atoms with van der Waals surface area (Å²) in [7, 11) is 3.44. The van der Waals surface area contributed by atoms with E-state index >= 15 is 0 Å². The van der Waals surface area contributed by atoms with Crippen LogP contribution >= 0.6 is 11.6 Å². The van der Waals surface area contributed by atoms with Crippen molar-refractivity contribution < 1.29 is 9.84 Å². The lowest BCUT2D eigenvalue weighted by molar-refractivity contribution is 0.412.